The molecule has 0 bridgehead atoms. The molecule has 0 saturated heterocycles. The number of thiazole rings is 1. The molecule has 1 aromatic carbocycles. The molecule has 0 aliphatic carbocycles. The van der Waals surface area contributed by atoms with Gasteiger partial charge in [0, 0.05) is 0 Å². The zero-order valence-electron chi connectivity index (χ0n) is 16.2. The number of benzene rings is 1. The quantitative estimate of drug-likeness (QED) is 0.441. The van der Waals surface area contributed by atoms with Crippen molar-refractivity contribution in [1.82, 2.24) is 13.9 Å². The lowest BCUT2D eigenvalue weighted by molar-refractivity contribution is -0.150. The van der Waals surface area contributed by atoms with Crippen LogP contribution in [-0.4, -0.2) is 39.5 Å². The van der Waals surface area contributed by atoms with Gasteiger partial charge in [0.1, 0.15) is 5.69 Å². The van der Waals surface area contributed by atoms with E-state index < -0.39 is 40.6 Å². The van der Waals surface area contributed by atoms with Crippen molar-refractivity contribution in [2.24, 2.45) is 0 Å². The summed E-state index contributed by atoms with van der Waals surface area (Å²) in [6.45, 7) is 0.773. The van der Waals surface area contributed by atoms with E-state index in [9.17, 15) is 26.4 Å². The molecule has 4 aromatic rings. The minimum absolute atomic E-state index is 0.0654. The van der Waals surface area contributed by atoms with E-state index in [1.807, 2.05) is 0 Å². The summed E-state index contributed by atoms with van der Waals surface area (Å²) in [4.78, 5) is 18.6. The molecule has 8 nitrogen and oxygen atoms in total. The van der Waals surface area contributed by atoms with Crippen LogP contribution in [0.5, 0.6) is 0 Å². The molecule has 0 radical (unpaired) electrons. The maximum absolute atomic E-state index is 13.5. The molecule has 0 saturated carbocycles. The summed E-state index contributed by atoms with van der Waals surface area (Å²) in [7, 11) is -4.29. The summed E-state index contributed by atoms with van der Waals surface area (Å²) in [5, 5.41) is 9.02. The van der Waals surface area contributed by atoms with E-state index in [0.717, 1.165) is 16.1 Å². The highest BCUT2D eigenvalue weighted by atomic mass is 32.2. The van der Waals surface area contributed by atoms with Crippen molar-refractivity contribution in [2.75, 3.05) is 0 Å². The number of carboxylic acids is 1. The summed E-state index contributed by atoms with van der Waals surface area (Å²) in [6, 6.07) is 7.11. The molecule has 3 heterocycles. The van der Waals surface area contributed by atoms with Crippen LogP contribution in [0, 0.1) is 0 Å². The molecule has 13 heteroatoms. The molecule has 32 heavy (non-hydrogen) atoms. The standard InChI is InChI=1S/C19H14F3N3O5S2/c1-10(18(26)27)30-8-11-6-14-15(4-5-17(24-14)19(20,21)22)25(11)32(28,29)12-2-3-13-16(7-12)31-9-23-13/h2-7,9-10H,8H2,1H3,(H,26,27). The third-order valence-electron chi connectivity index (χ3n) is 4.65. The van der Waals surface area contributed by atoms with Crippen molar-refractivity contribution in [3.05, 3.63) is 53.3 Å². The zero-order chi connectivity index (χ0) is 23.3. The number of hydrogen-bond acceptors (Lipinski definition) is 7. The van der Waals surface area contributed by atoms with E-state index in [0.29, 0.717) is 16.3 Å². The first-order valence-corrected chi connectivity index (χ1v) is 11.3. The van der Waals surface area contributed by atoms with Crippen LogP contribution in [0.2, 0.25) is 0 Å². The van der Waals surface area contributed by atoms with Crippen molar-refractivity contribution >= 4 is 48.6 Å². The highest BCUT2D eigenvalue weighted by molar-refractivity contribution is 7.90. The van der Waals surface area contributed by atoms with Crippen molar-refractivity contribution < 1.29 is 36.2 Å². The fourth-order valence-corrected chi connectivity index (χ4v) is 5.38. The third-order valence-corrected chi connectivity index (χ3v) is 7.20. The molecule has 0 spiro atoms. The Morgan fingerprint density at radius 2 is 1.97 bits per heavy atom. The SMILES string of the molecule is CC(OCc1cc2nc(C(F)(F)F)ccc2n1S(=O)(=O)c1ccc2ncsc2c1)C(=O)O. The number of nitrogens with zero attached hydrogens (tertiary/aromatic N) is 3. The number of rotatable bonds is 6. The summed E-state index contributed by atoms with van der Waals surface area (Å²) in [5.74, 6) is -1.27. The summed E-state index contributed by atoms with van der Waals surface area (Å²) in [6.07, 6.45) is -5.99. The van der Waals surface area contributed by atoms with Crippen molar-refractivity contribution in [1.29, 1.82) is 0 Å². The molecule has 1 atom stereocenters. The third kappa shape index (κ3) is 3.94. The molecule has 3 aromatic heterocycles. The van der Waals surface area contributed by atoms with Gasteiger partial charge in [-0.05, 0) is 43.3 Å². The maximum atomic E-state index is 13.5. The van der Waals surface area contributed by atoms with E-state index in [-0.39, 0.29) is 21.6 Å². The summed E-state index contributed by atoms with van der Waals surface area (Å²) in [5.41, 5.74) is 0.595. The predicted molar refractivity (Wildman–Crippen MR) is 109 cm³/mol. The first-order valence-electron chi connectivity index (χ1n) is 9.00. The number of aromatic nitrogens is 3. The Hall–Kier alpha value is -3.03. The molecule has 0 aliphatic rings. The van der Waals surface area contributed by atoms with E-state index in [2.05, 4.69) is 9.97 Å². The Bertz CT molecular complexity index is 1440. The van der Waals surface area contributed by atoms with Gasteiger partial charge in [0.05, 0.1) is 44.0 Å². The van der Waals surface area contributed by atoms with E-state index in [1.54, 1.807) is 5.51 Å². The molecule has 0 amide bonds. The predicted octanol–water partition coefficient (Wildman–Crippen LogP) is 3.89. The van der Waals surface area contributed by atoms with Crippen LogP contribution in [0.15, 0.2) is 46.8 Å². The number of carbonyl (C=O) groups is 1. The lowest BCUT2D eigenvalue weighted by atomic mass is 10.3. The first kappa shape index (κ1) is 22.2. The molecule has 168 valence electrons. The number of hydrogen-bond donors (Lipinski definition) is 1. The molecule has 0 aliphatic heterocycles. The largest absolute Gasteiger partial charge is 0.479 e. The van der Waals surface area contributed by atoms with Gasteiger partial charge in [-0.1, -0.05) is 0 Å². The summed E-state index contributed by atoms with van der Waals surface area (Å²) < 4.78 is 72.9. The van der Waals surface area contributed by atoms with Crippen molar-refractivity contribution in [3.63, 3.8) is 0 Å². The number of aliphatic carboxylic acids is 1. The van der Waals surface area contributed by atoms with Gasteiger partial charge < -0.3 is 9.84 Å². The Labute approximate surface area is 183 Å². The summed E-state index contributed by atoms with van der Waals surface area (Å²) >= 11 is 1.23. The number of fused-ring (bicyclic) bond motifs is 2. The Kier molecular flexibility index (Phi) is 5.43. The van der Waals surface area contributed by atoms with E-state index in [1.165, 1.54) is 36.5 Å². The molecule has 1 N–H and O–H groups in total. The number of halogens is 3. The van der Waals surface area contributed by atoms with E-state index >= 15 is 0 Å². The van der Waals surface area contributed by atoms with Gasteiger partial charge >= 0.3 is 12.1 Å². The highest BCUT2D eigenvalue weighted by Gasteiger charge is 2.34. The number of ether oxygens (including phenoxy) is 1. The van der Waals surface area contributed by atoms with E-state index in [4.69, 9.17) is 9.84 Å². The van der Waals surface area contributed by atoms with Crippen LogP contribution < -0.4 is 0 Å². The van der Waals surface area contributed by atoms with Gasteiger partial charge in [0.2, 0.25) is 0 Å². The molecular weight excluding hydrogens is 471 g/mol. The molecule has 1 unspecified atom stereocenters. The fraction of sp³-hybridized carbons (Fsp3) is 0.211. The highest BCUT2D eigenvalue weighted by Crippen LogP contribution is 2.32. The number of alkyl halides is 3. The number of carboxylic acid groups (broad SMARTS) is 1. The normalized spacial score (nSPS) is 13.6. The Morgan fingerprint density at radius 1 is 1.22 bits per heavy atom. The van der Waals surface area contributed by atoms with Gasteiger partial charge in [-0.2, -0.15) is 13.2 Å². The second-order valence-electron chi connectivity index (χ2n) is 6.78. The molecule has 4 rings (SSSR count). The van der Waals surface area contributed by atoms with Gasteiger partial charge in [-0.15, -0.1) is 11.3 Å². The lowest BCUT2D eigenvalue weighted by Gasteiger charge is -2.14. The average molecular weight is 485 g/mol. The van der Waals surface area contributed by atoms with Crippen molar-refractivity contribution in [3.8, 4) is 0 Å². The van der Waals surface area contributed by atoms with Crippen LogP contribution in [-0.2, 0) is 32.3 Å². The molecular formula is C19H14F3N3O5S2. The van der Waals surface area contributed by atoms with Crippen LogP contribution in [0.4, 0.5) is 13.2 Å². The van der Waals surface area contributed by atoms with Gasteiger partial charge in [-0.3, -0.25) is 0 Å². The van der Waals surface area contributed by atoms with Crippen LogP contribution >= 0.6 is 11.3 Å². The number of pyridine rings is 1. The topological polar surface area (TPSA) is 111 Å². The minimum atomic E-state index is -4.72. The average Bonchev–Trinajstić information content (AvgIpc) is 3.34. The van der Waals surface area contributed by atoms with Gasteiger partial charge in [0.15, 0.2) is 6.10 Å². The van der Waals surface area contributed by atoms with Crippen LogP contribution in [0.1, 0.15) is 18.3 Å². The van der Waals surface area contributed by atoms with Gasteiger partial charge in [0.25, 0.3) is 10.0 Å². The van der Waals surface area contributed by atoms with Crippen LogP contribution in [0.3, 0.4) is 0 Å². The first-order chi connectivity index (χ1) is 15.0. The maximum Gasteiger partial charge on any atom is 0.433 e. The minimum Gasteiger partial charge on any atom is -0.479 e. The monoisotopic (exact) mass is 485 g/mol. The van der Waals surface area contributed by atoms with Crippen LogP contribution in [0.25, 0.3) is 21.3 Å². The lowest BCUT2D eigenvalue weighted by Crippen LogP contribution is -2.22. The smallest absolute Gasteiger partial charge is 0.433 e. The zero-order valence-corrected chi connectivity index (χ0v) is 17.8. The Balaban J connectivity index is 1.89. The second-order valence-corrected chi connectivity index (χ2v) is 9.45. The fourth-order valence-electron chi connectivity index (χ4n) is 3.04. The van der Waals surface area contributed by atoms with Crippen molar-refractivity contribution in [2.45, 2.75) is 30.7 Å². The van der Waals surface area contributed by atoms with Gasteiger partial charge in [-0.25, -0.2) is 27.2 Å². The second kappa shape index (κ2) is 7.83. The Morgan fingerprint density at radius 3 is 2.66 bits per heavy atom. The molecule has 0 fully saturated rings.